The molecule has 1 fully saturated rings. The number of nitrogens with zero attached hydrogens (tertiary/aromatic N) is 1. The molecule has 5 N–H and O–H groups in total. The molecule has 4 unspecified atom stereocenters. The number of amides is 3. The van der Waals surface area contributed by atoms with Crippen LogP contribution in [0.25, 0.3) is 0 Å². The highest BCUT2D eigenvalue weighted by Crippen LogP contribution is 2.21. The van der Waals surface area contributed by atoms with Gasteiger partial charge in [-0.3, -0.25) is 14.4 Å². The predicted molar refractivity (Wildman–Crippen MR) is 108 cm³/mol. The second-order valence-electron chi connectivity index (χ2n) is 7.77. The molecule has 10 heteroatoms. The molecule has 0 aromatic rings. The van der Waals surface area contributed by atoms with Crippen LogP contribution in [0.4, 0.5) is 0 Å². The first-order valence-corrected chi connectivity index (χ1v) is 10.1. The Morgan fingerprint density at radius 2 is 1.75 bits per heavy atom. The van der Waals surface area contributed by atoms with Crippen molar-refractivity contribution >= 4 is 36.3 Å². The molecule has 1 heterocycles. The van der Waals surface area contributed by atoms with Gasteiger partial charge in [0.15, 0.2) is 0 Å². The zero-order valence-corrected chi connectivity index (χ0v) is 17.7. The van der Waals surface area contributed by atoms with E-state index in [1.165, 1.54) is 4.90 Å². The summed E-state index contributed by atoms with van der Waals surface area (Å²) in [6.07, 6.45) is 1.05. The van der Waals surface area contributed by atoms with Crippen molar-refractivity contribution in [2.75, 3.05) is 12.3 Å². The number of thiol groups is 1. The minimum absolute atomic E-state index is 0.0560. The monoisotopic (exact) mass is 416 g/mol. The van der Waals surface area contributed by atoms with E-state index >= 15 is 0 Å². The lowest BCUT2D eigenvalue weighted by Gasteiger charge is -2.31. The van der Waals surface area contributed by atoms with Crippen LogP contribution in [0.3, 0.4) is 0 Å². The summed E-state index contributed by atoms with van der Waals surface area (Å²) in [5.74, 6) is -2.83. The average Bonchev–Trinajstić information content (AvgIpc) is 3.11. The fraction of sp³-hybridized carbons (Fsp3) is 0.778. The van der Waals surface area contributed by atoms with Gasteiger partial charge in [-0.2, -0.15) is 12.6 Å². The summed E-state index contributed by atoms with van der Waals surface area (Å²) in [5.41, 5.74) is 5.87. The number of nitrogens with two attached hydrogens (primary N) is 1. The van der Waals surface area contributed by atoms with E-state index in [4.69, 9.17) is 10.8 Å². The third kappa shape index (κ3) is 6.10. The van der Waals surface area contributed by atoms with Crippen molar-refractivity contribution in [3.05, 3.63) is 0 Å². The molecule has 0 spiro atoms. The lowest BCUT2D eigenvalue weighted by atomic mass is 9.99. The second-order valence-corrected chi connectivity index (χ2v) is 8.14. The molecule has 28 heavy (non-hydrogen) atoms. The summed E-state index contributed by atoms with van der Waals surface area (Å²) in [6.45, 7) is 7.60. The van der Waals surface area contributed by atoms with E-state index in [-0.39, 0.29) is 23.5 Å². The molecule has 0 radical (unpaired) electrons. The fourth-order valence-corrected chi connectivity index (χ4v) is 3.25. The lowest BCUT2D eigenvalue weighted by molar-refractivity contribution is -0.145. The first kappa shape index (κ1) is 24.2. The van der Waals surface area contributed by atoms with Gasteiger partial charge in [0.05, 0.1) is 6.04 Å². The third-order valence-corrected chi connectivity index (χ3v) is 5.25. The second kappa shape index (κ2) is 10.7. The van der Waals surface area contributed by atoms with E-state index < -0.39 is 42.0 Å². The number of carboxylic acids is 1. The number of carboxylic acid groups (broad SMARTS) is 1. The summed E-state index contributed by atoms with van der Waals surface area (Å²) in [7, 11) is 0. The number of rotatable bonds is 9. The molecule has 4 atom stereocenters. The maximum Gasteiger partial charge on any atom is 0.327 e. The molecule has 1 aliphatic rings. The van der Waals surface area contributed by atoms with Crippen LogP contribution in [0, 0.1) is 11.8 Å². The molecule has 1 rings (SSSR count). The van der Waals surface area contributed by atoms with Crippen molar-refractivity contribution in [3.8, 4) is 0 Å². The predicted octanol–water partition coefficient (Wildman–Crippen LogP) is -0.399. The number of likely N-dealkylation sites (tertiary alicyclic amines) is 1. The third-order valence-electron chi connectivity index (χ3n) is 4.89. The van der Waals surface area contributed by atoms with Crippen molar-refractivity contribution in [1.29, 1.82) is 0 Å². The van der Waals surface area contributed by atoms with Crippen LogP contribution in [-0.4, -0.2) is 70.2 Å². The smallest absolute Gasteiger partial charge is 0.327 e. The molecule has 3 amide bonds. The normalized spacial score (nSPS) is 20.0. The molecule has 160 valence electrons. The minimum Gasteiger partial charge on any atom is -0.480 e. The van der Waals surface area contributed by atoms with Gasteiger partial charge < -0.3 is 26.4 Å². The van der Waals surface area contributed by atoms with Gasteiger partial charge >= 0.3 is 5.97 Å². The number of aliphatic carboxylic acids is 1. The topological polar surface area (TPSA) is 142 Å². The summed E-state index contributed by atoms with van der Waals surface area (Å²) in [6, 6.07) is -3.45. The Morgan fingerprint density at radius 1 is 1.14 bits per heavy atom. The Hall–Kier alpha value is -1.81. The Labute approximate surface area is 171 Å². The minimum atomic E-state index is -1.19. The first-order valence-electron chi connectivity index (χ1n) is 9.51. The molecule has 1 aliphatic heterocycles. The van der Waals surface area contributed by atoms with Gasteiger partial charge in [0.2, 0.25) is 17.7 Å². The summed E-state index contributed by atoms with van der Waals surface area (Å²) in [4.78, 5) is 50.5. The Bertz CT molecular complexity index is 599. The zero-order valence-electron chi connectivity index (χ0n) is 16.8. The Kier molecular flexibility index (Phi) is 9.22. The standard InChI is InChI=1S/C18H32N4O5S/c1-9(2)13(19)16(24)21-14(10(3)4)17(25)22-7-5-6-12(22)15(23)20-11(8-28)18(26)27/h9-14,28H,5-8,19H2,1-4H3,(H,20,23)(H,21,24)(H,26,27). The Balaban J connectivity index is 2.91. The summed E-state index contributed by atoms with van der Waals surface area (Å²) < 4.78 is 0. The van der Waals surface area contributed by atoms with Gasteiger partial charge in [-0.25, -0.2) is 4.79 Å². The van der Waals surface area contributed by atoms with Crippen molar-refractivity contribution < 1.29 is 24.3 Å². The van der Waals surface area contributed by atoms with Crippen molar-refractivity contribution in [1.82, 2.24) is 15.5 Å². The van der Waals surface area contributed by atoms with Crippen LogP contribution in [0.5, 0.6) is 0 Å². The lowest BCUT2D eigenvalue weighted by Crippen LogP contribution is -2.58. The fourth-order valence-electron chi connectivity index (χ4n) is 3.00. The van der Waals surface area contributed by atoms with Crippen LogP contribution >= 0.6 is 12.6 Å². The van der Waals surface area contributed by atoms with E-state index in [1.807, 2.05) is 13.8 Å². The van der Waals surface area contributed by atoms with Crippen molar-refractivity contribution in [3.63, 3.8) is 0 Å². The molecule has 0 bridgehead atoms. The van der Waals surface area contributed by atoms with E-state index in [9.17, 15) is 19.2 Å². The van der Waals surface area contributed by atoms with Crippen molar-refractivity contribution in [2.45, 2.75) is 64.7 Å². The number of carbonyl (C=O) groups is 4. The van der Waals surface area contributed by atoms with Crippen LogP contribution in [0.1, 0.15) is 40.5 Å². The van der Waals surface area contributed by atoms with E-state index in [2.05, 4.69) is 23.3 Å². The van der Waals surface area contributed by atoms with Crippen molar-refractivity contribution in [2.24, 2.45) is 17.6 Å². The van der Waals surface area contributed by atoms with Gasteiger partial charge in [-0.15, -0.1) is 0 Å². The highest BCUT2D eigenvalue weighted by molar-refractivity contribution is 7.80. The first-order chi connectivity index (χ1) is 13.0. The molecular formula is C18H32N4O5S. The number of hydrogen-bond donors (Lipinski definition) is 5. The quantitative estimate of drug-likeness (QED) is 0.324. The number of nitrogens with one attached hydrogen (secondary N) is 2. The Morgan fingerprint density at radius 3 is 2.21 bits per heavy atom. The molecule has 0 aromatic carbocycles. The molecule has 0 aliphatic carbocycles. The van der Waals surface area contributed by atoms with Gasteiger partial charge in [-0.1, -0.05) is 27.7 Å². The van der Waals surface area contributed by atoms with Crippen LogP contribution < -0.4 is 16.4 Å². The van der Waals surface area contributed by atoms with Gasteiger partial charge in [-0.05, 0) is 24.7 Å². The maximum atomic E-state index is 13.1. The average molecular weight is 417 g/mol. The molecule has 9 nitrogen and oxygen atoms in total. The van der Waals surface area contributed by atoms with Gasteiger partial charge in [0.25, 0.3) is 0 Å². The zero-order chi connectivity index (χ0) is 21.6. The van der Waals surface area contributed by atoms with E-state index in [0.29, 0.717) is 19.4 Å². The van der Waals surface area contributed by atoms with Crippen LogP contribution in [0.15, 0.2) is 0 Å². The maximum absolute atomic E-state index is 13.1. The van der Waals surface area contributed by atoms with E-state index in [1.54, 1.807) is 13.8 Å². The van der Waals surface area contributed by atoms with Gasteiger partial charge in [0, 0.05) is 12.3 Å². The molecular weight excluding hydrogens is 384 g/mol. The molecule has 1 saturated heterocycles. The molecule has 0 saturated carbocycles. The van der Waals surface area contributed by atoms with Crippen LogP contribution in [0.2, 0.25) is 0 Å². The molecule has 0 aromatic heterocycles. The summed E-state index contributed by atoms with van der Waals surface area (Å²) >= 11 is 3.93. The van der Waals surface area contributed by atoms with E-state index in [0.717, 1.165) is 0 Å². The highest BCUT2D eigenvalue weighted by atomic mass is 32.1. The highest BCUT2D eigenvalue weighted by Gasteiger charge is 2.39. The summed E-state index contributed by atoms with van der Waals surface area (Å²) in [5, 5.41) is 14.2. The largest absolute Gasteiger partial charge is 0.480 e. The SMILES string of the molecule is CC(C)C(N)C(=O)NC(C(=O)N1CCCC1C(=O)NC(CS)C(=O)O)C(C)C. The number of carbonyl (C=O) groups excluding carboxylic acids is 3. The number of hydrogen-bond acceptors (Lipinski definition) is 6. The van der Waals surface area contributed by atoms with Crippen LogP contribution in [-0.2, 0) is 19.2 Å². The van der Waals surface area contributed by atoms with Gasteiger partial charge in [0.1, 0.15) is 18.1 Å².